The van der Waals surface area contributed by atoms with Gasteiger partial charge in [-0.1, -0.05) is 0 Å². The smallest absolute Gasteiger partial charge is 0.274 e. The van der Waals surface area contributed by atoms with E-state index in [0.717, 1.165) is 4.90 Å². The van der Waals surface area contributed by atoms with Crippen LogP contribution in [-0.4, -0.2) is 51.3 Å². The van der Waals surface area contributed by atoms with Crippen molar-refractivity contribution in [2.75, 3.05) is 6.54 Å². The Morgan fingerprint density at radius 3 is 2.56 bits per heavy atom. The van der Waals surface area contributed by atoms with Gasteiger partial charge in [-0.05, 0) is 13.3 Å². The Bertz CT molecular complexity index is 1030. The number of halogens is 5. The van der Waals surface area contributed by atoms with E-state index >= 15 is 0 Å². The average molecular weight is 457 g/mol. The Kier molecular flexibility index (Phi) is 5.38. The number of fused-ring (bicyclic) bond motifs is 4. The van der Waals surface area contributed by atoms with E-state index in [0.29, 0.717) is 12.1 Å². The number of piperazine rings is 1. The lowest BCUT2D eigenvalue weighted by molar-refractivity contribution is -0.143. The number of aliphatic hydroxyl groups excluding tert-OH is 1. The molecule has 2 fully saturated rings. The SMILES string of the molecule is CC1N2CC(CCC1(F)F)N1C=C(C(=O)NCc3c(F)cc(F)cc3F)CC(O)=C1C2=O. The molecule has 3 heterocycles. The second-order valence-corrected chi connectivity index (χ2v) is 8.15. The summed E-state index contributed by atoms with van der Waals surface area (Å²) in [5.74, 6) is -8.50. The number of alkyl halides is 2. The van der Waals surface area contributed by atoms with Crippen LogP contribution >= 0.6 is 0 Å². The predicted molar refractivity (Wildman–Crippen MR) is 102 cm³/mol. The molecule has 0 radical (unpaired) electrons. The molecule has 1 aromatic rings. The maximum atomic E-state index is 14.3. The fraction of sp³-hybridized carbons (Fsp3) is 0.429. The van der Waals surface area contributed by atoms with Crippen LogP contribution in [0, 0.1) is 17.5 Å². The van der Waals surface area contributed by atoms with Crippen LogP contribution in [0.3, 0.4) is 0 Å². The summed E-state index contributed by atoms with van der Waals surface area (Å²) in [5.41, 5.74) is -0.710. The summed E-state index contributed by atoms with van der Waals surface area (Å²) in [7, 11) is 0. The summed E-state index contributed by atoms with van der Waals surface area (Å²) in [4.78, 5) is 27.8. The normalized spacial score (nSPS) is 24.7. The molecule has 1 aromatic carbocycles. The molecule has 32 heavy (non-hydrogen) atoms. The number of aliphatic hydroxyl groups is 1. The number of carbonyl (C=O) groups excluding carboxylic acids is 2. The minimum atomic E-state index is -3.09. The fourth-order valence-electron chi connectivity index (χ4n) is 4.27. The van der Waals surface area contributed by atoms with Crippen molar-refractivity contribution < 1.29 is 36.6 Å². The van der Waals surface area contributed by atoms with E-state index in [4.69, 9.17) is 0 Å². The van der Waals surface area contributed by atoms with Gasteiger partial charge in [0.15, 0.2) is 0 Å². The zero-order valence-electron chi connectivity index (χ0n) is 17.0. The first kappa shape index (κ1) is 22.1. The molecule has 6 nitrogen and oxygen atoms in total. The predicted octanol–water partition coefficient (Wildman–Crippen LogP) is 3.11. The number of nitrogens with zero attached hydrogens (tertiary/aromatic N) is 2. The number of amides is 2. The van der Waals surface area contributed by atoms with Gasteiger partial charge in [0.2, 0.25) is 5.91 Å². The van der Waals surface area contributed by atoms with Crippen LogP contribution in [0.5, 0.6) is 0 Å². The van der Waals surface area contributed by atoms with Crippen LogP contribution in [0.1, 0.15) is 31.7 Å². The average Bonchev–Trinajstić information content (AvgIpc) is 2.81. The summed E-state index contributed by atoms with van der Waals surface area (Å²) in [6.45, 7) is 0.688. The minimum absolute atomic E-state index is 0.00374. The van der Waals surface area contributed by atoms with E-state index in [1.807, 2.05) is 0 Å². The summed E-state index contributed by atoms with van der Waals surface area (Å²) >= 11 is 0. The second kappa shape index (κ2) is 7.79. The lowest BCUT2D eigenvalue weighted by atomic mass is 9.99. The second-order valence-electron chi connectivity index (χ2n) is 8.15. The van der Waals surface area contributed by atoms with Crippen molar-refractivity contribution in [1.29, 1.82) is 0 Å². The Morgan fingerprint density at radius 1 is 1.25 bits per heavy atom. The van der Waals surface area contributed by atoms with Gasteiger partial charge >= 0.3 is 0 Å². The first-order valence-electron chi connectivity index (χ1n) is 10.0. The van der Waals surface area contributed by atoms with Gasteiger partial charge in [0.25, 0.3) is 11.8 Å². The zero-order valence-corrected chi connectivity index (χ0v) is 17.0. The minimum Gasteiger partial charge on any atom is -0.510 e. The van der Waals surface area contributed by atoms with Crippen LogP contribution in [0.2, 0.25) is 0 Å². The highest BCUT2D eigenvalue weighted by Crippen LogP contribution is 2.40. The molecule has 3 aliphatic heterocycles. The molecule has 2 unspecified atom stereocenters. The van der Waals surface area contributed by atoms with Gasteiger partial charge in [-0.3, -0.25) is 9.59 Å². The number of carbonyl (C=O) groups is 2. The third-order valence-electron chi connectivity index (χ3n) is 6.16. The summed E-state index contributed by atoms with van der Waals surface area (Å²) < 4.78 is 69.3. The van der Waals surface area contributed by atoms with E-state index in [1.54, 1.807) is 0 Å². The number of nitrogens with one attached hydrogen (secondary N) is 1. The van der Waals surface area contributed by atoms with E-state index in [9.17, 15) is 36.6 Å². The third-order valence-corrected chi connectivity index (χ3v) is 6.16. The fourth-order valence-corrected chi connectivity index (χ4v) is 4.27. The highest BCUT2D eigenvalue weighted by atomic mass is 19.3. The Hall–Kier alpha value is -3.11. The molecular formula is C21H20F5N3O3. The quantitative estimate of drug-likeness (QED) is 0.685. The first-order chi connectivity index (χ1) is 15.0. The Balaban J connectivity index is 1.56. The lowest BCUT2D eigenvalue weighted by Crippen LogP contribution is -2.57. The number of allylic oxidation sites excluding steroid dienone is 1. The van der Waals surface area contributed by atoms with Gasteiger partial charge in [-0.15, -0.1) is 0 Å². The van der Waals surface area contributed by atoms with Crippen molar-refractivity contribution in [3.8, 4) is 0 Å². The van der Waals surface area contributed by atoms with Gasteiger partial charge in [-0.2, -0.15) is 0 Å². The number of hydrogen-bond donors (Lipinski definition) is 2. The molecule has 2 N–H and O–H groups in total. The van der Waals surface area contributed by atoms with E-state index in [2.05, 4.69) is 5.32 Å². The van der Waals surface area contributed by atoms with Crippen molar-refractivity contribution in [2.45, 2.75) is 50.7 Å². The standard InChI is InChI=1S/C21H20F5N3O3/c1-10-21(25,26)3-2-13-9-28(10)20(32)18-17(30)4-11(8-29(13)18)19(31)27-7-14-15(23)5-12(22)6-16(14)24/h5-6,8,10,13,30H,2-4,7,9H2,1H3,(H,27,31). The highest BCUT2D eigenvalue weighted by molar-refractivity contribution is 5.98. The van der Waals surface area contributed by atoms with Crippen molar-refractivity contribution in [3.05, 3.63) is 58.4 Å². The third kappa shape index (κ3) is 3.69. The van der Waals surface area contributed by atoms with Crippen molar-refractivity contribution >= 4 is 11.8 Å². The molecule has 2 amide bonds. The molecule has 0 aromatic heterocycles. The molecular weight excluding hydrogens is 437 g/mol. The molecule has 4 rings (SSSR count). The highest BCUT2D eigenvalue weighted by Gasteiger charge is 2.51. The molecule has 3 aliphatic rings. The monoisotopic (exact) mass is 457 g/mol. The lowest BCUT2D eigenvalue weighted by Gasteiger charge is -2.44. The van der Waals surface area contributed by atoms with Crippen molar-refractivity contribution in [1.82, 2.24) is 15.1 Å². The van der Waals surface area contributed by atoms with Gasteiger partial charge in [0, 0.05) is 55.4 Å². The summed E-state index contributed by atoms with van der Waals surface area (Å²) in [6.07, 6.45) is 0.500. The van der Waals surface area contributed by atoms with Crippen molar-refractivity contribution in [3.63, 3.8) is 0 Å². The van der Waals surface area contributed by atoms with Crippen LogP contribution in [0.4, 0.5) is 22.0 Å². The molecule has 11 heteroatoms. The summed E-state index contributed by atoms with van der Waals surface area (Å²) in [5, 5.41) is 12.8. The van der Waals surface area contributed by atoms with Gasteiger partial charge in [0.1, 0.15) is 28.9 Å². The molecule has 0 spiro atoms. The largest absolute Gasteiger partial charge is 0.510 e. The first-order valence-corrected chi connectivity index (χ1v) is 10.0. The Morgan fingerprint density at radius 2 is 1.91 bits per heavy atom. The van der Waals surface area contributed by atoms with Crippen molar-refractivity contribution in [2.24, 2.45) is 0 Å². The van der Waals surface area contributed by atoms with Crippen LogP contribution in [0.15, 0.2) is 35.4 Å². The number of rotatable bonds is 3. The molecule has 2 atom stereocenters. The maximum Gasteiger partial charge on any atom is 0.274 e. The van der Waals surface area contributed by atoms with Crippen LogP contribution in [0.25, 0.3) is 0 Å². The van der Waals surface area contributed by atoms with E-state index in [1.165, 1.54) is 18.0 Å². The van der Waals surface area contributed by atoms with E-state index < -0.39 is 71.6 Å². The van der Waals surface area contributed by atoms with E-state index in [-0.39, 0.29) is 30.7 Å². The molecule has 0 saturated carbocycles. The summed E-state index contributed by atoms with van der Waals surface area (Å²) in [6, 6.07) is -0.939. The molecule has 2 bridgehead atoms. The molecule has 0 aliphatic carbocycles. The number of hydrogen-bond acceptors (Lipinski definition) is 4. The van der Waals surface area contributed by atoms with Gasteiger partial charge in [0.05, 0.1) is 12.1 Å². The number of benzene rings is 1. The van der Waals surface area contributed by atoms with Gasteiger partial charge in [-0.25, -0.2) is 22.0 Å². The molecule has 172 valence electrons. The molecule has 2 saturated heterocycles. The van der Waals surface area contributed by atoms with Gasteiger partial charge < -0.3 is 20.2 Å². The Labute approximate surface area is 180 Å². The zero-order chi connectivity index (χ0) is 23.4. The maximum absolute atomic E-state index is 14.3. The van der Waals surface area contributed by atoms with Crippen LogP contribution < -0.4 is 5.32 Å². The topological polar surface area (TPSA) is 72.9 Å². The van der Waals surface area contributed by atoms with Crippen LogP contribution in [-0.2, 0) is 16.1 Å².